The van der Waals surface area contributed by atoms with Gasteiger partial charge in [0.15, 0.2) is 0 Å². The zero-order chi connectivity index (χ0) is 14.7. The monoisotopic (exact) mass is 287 g/mol. The molecule has 1 aromatic heterocycles. The lowest BCUT2D eigenvalue weighted by Crippen LogP contribution is -2.35. The Balaban J connectivity index is 1.83. The number of aromatic nitrogens is 2. The number of benzene rings is 1. The minimum absolute atomic E-state index is 0.139. The van der Waals surface area contributed by atoms with E-state index in [9.17, 15) is 0 Å². The number of rotatable bonds is 5. The highest BCUT2D eigenvalue weighted by atomic mass is 16.4. The van der Waals surface area contributed by atoms with Gasteiger partial charge in [0.1, 0.15) is 0 Å². The van der Waals surface area contributed by atoms with Crippen molar-refractivity contribution in [3.05, 3.63) is 47.2 Å². The van der Waals surface area contributed by atoms with Gasteiger partial charge in [-0.3, -0.25) is 4.90 Å². The molecule has 112 valence electrons. The molecule has 2 aromatic rings. The molecule has 0 fully saturated rings. The predicted octanol–water partition coefficient (Wildman–Crippen LogP) is 2.25. The van der Waals surface area contributed by atoms with Gasteiger partial charge in [-0.15, -0.1) is 10.2 Å². The topological polar surface area (TPSA) is 62.4 Å². The molecule has 0 radical (unpaired) electrons. The molecule has 0 aliphatic carbocycles. The third-order valence-corrected chi connectivity index (χ3v) is 4.03. The number of unbranched alkanes of at least 4 members (excludes halogenated alkanes) is 1. The molecule has 0 amide bonds. The molecule has 1 aliphatic rings. The standard InChI is InChI=1S/C16H21N3O2/c1-12-17-18-16(21-12)15-10-13-6-2-3-7-14(13)11-19(15)8-4-5-9-20/h2-3,6-7,15,20H,4-5,8-11H2,1H3. The third kappa shape index (κ3) is 3.14. The zero-order valence-corrected chi connectivity index (χ0v) is 12.3. The molecular weight excluding hydrogens is 266 g/mol. The van der Waals surface area contributed by atoms with E-state index in [0.717, 1.165) is 32.4 Å². The second-order valence-corrected chi connectivity index (χ2v) is 5.55. The van der Waals surface area contributed by atoms with Gasteiger partial charge in [0.25, 0.3) is 0 Å². The highest BCUT2D eigenvalue weighted by molar-refractivity contribution is 5.30. The van der Waals surface area contributed by atoms with Crippen molar-refractivity contribution >= 4 is 0 Å². The molecule has 21 heavy (non-hydrogen) atoms. The van der Waals surface area contributed by atoms with Gasteiger partial charge in [-0.2, -0.15) is 0 Å². The van der Waals surface area contributed by atoms with Crippen LogP contribution in [0.1, 0.15) is 41.8 Å². The Kier molecular flexibility index (Phi) is 4.31. The van der Waals surface area contributed by atoms with Crippen LogP contribution in [0.15, 0.2) is 28.7 Å². The quantitative estimate of drug-likeness (QED) is 0.855. The average molecular weight is 287 g/mol. The number of hydrogen-bond donors (Lipinski definition) is 1. The first-order valence-electron chi connectivity index (χ1n) is 7.49. The van der Waals surface area contributed by atoms with Crippen molar-refractivity contribution in [3.8, 4) is 0 Å². The smallest absolute Gasteiger partial charge is 0.233 e. The summed E-state index contributed by atoms with van der Waals surface area (Å²) in [7, 11) is 0. The predicted molar refractivity (Wildman–Crippen MR) is 78.7 cm³/mol. The van der Waals surface area contributed by atoms with Crippen molar-refractivity contribution < 1.29 is 9.52 Å². The van der Waals surface area contributed by atoms with E-state index < -0.39 is 0 Å². The highest BCUT2D eigenvalue weighted by Crippen LogP contribution is 2.32. The van der Waals surface area contributed by atoms with E-state index in [0.29, 0.717) is 11.8 Å². The van der Waals surface area contributed by atoms with Gasteiger partial charge < -0.3 is 9.52 Å². The fourth-order valence-corrected chi connectivity index (χ4v) is 2.93. The van der Waals surface area contributed by atoms with Crippen LogP contribution >= 0.6 is 0 Å². The lowest BCUT2D eigenvalue weighted by molar-refractivity contribution is 0.139. The molecule has 5 heteroatoms. The van der Waals surface area contributed by atoms with E-state index >= 15 is 0 Å². The number of nitrogens with zero attached hydrogens (tertiary/aromatic N) is 3. The maximum absolute atomic E-state index is 8.98. The van der Waals surface area contributed by atoms with Crippen LogP contribution in [-0.2, 0) is 13.0 Å². The van der Waals surface area contributed by atoms with Gasteiger partial charge in [-0.1, -0.05) is 24.3 Å². The Morgan fingerprint density at radius 2 is 2.05 bits per heavy atom. The summed E-state index contributed by atoms with van der Waals surface area (Å²) in [6, 6.07) is 8.67. The summed E-state index contributed by atoms with van der Waals surface area (Å²) in [4.78, 5) is 2.38. The zero-order valence-electron chi connectivity index (χ0n) is 12.3. The Morgan fingerprint density at radius 1 is 1.24 bits per heavy atom. The van der Waals surface area contributed by atoms with Gasteiger partial charge in [-0.25, -0.2) is 0 Å². The Morgan fingerprint density at radius 3 is 2.76 bits per heavy atom. The van der Waals surface area contributed by atoms with Crippen LogP contribution in [0.25, 0.3) is 0 Å². The molecule has 0 saturated heterocycles. The molecule has 1 unspecified atom stereocenters. The second kappa shape index (κ2) is 6.37. The summed E-state index contributed by atoms with van der Waals surface area (Å²) < 4.78 is 5.66. The van der Waals surface area contributed by atoms with Crippen LogP contribution < -0.4 is 0 Å². The molecule has 3 rings (SSSR count). The summed E-state index contributed by atoms with van der Waals surface area (Å²) in [5.41, 5.74) is 2.73. The summed E-state index contributed by atoms with van der Waals surface area (Å²) in [5.74, 6) is 1.31. The Hall–Kier alpha value is -1.72. The van der Waals surface area contributed by atoms with E-state index in [2.05, 4.69) is 39.4 Å². The van der Waals surface area contributed by atoms with Gasteiger partial charge in [0.05, 0.1) is 6.04 Å². The minimum atomic E-state index is 0.139. The van der Waals surface area contributed by atoms with Gasteiger partial charge >= 0.3 is 0 Å². The van der Waals surface area contributed by atoms with Crippen LogP contribution in [0.2, 0.25) is 0 Å². The summed E-state index contributed by atoms with van der Waals surface area (Å²) in [5, 5.41) is 17.2. The van der Waals surface area contributed by atoms with Crippen LogP contribution in [0.5, 0.6) is 0 Å². The molecule has 0 saturated carbocycles. The number of aliphatic hydroxyl groups is 1. The fourth-order valence-electron chi connectivity index (χ4n) is 2.93. The van der Waals surface area contributed by atoms with E-state index in [1.54, 1.807) is 0 Å². The van der Waals surface area contributed by atoms with Crippen molar-refractivity contribution in [2.75, 3.05) is 13.2 Å². The van der Waals surface area contributed by atoms with E-state index in [4.69, 9.17) is 9.52 Å². The molecule has 1 atom stereocenters. The summed E-state index contributed by atoms with van der Waals surface area (Å²) in [6.07, 6.45) is 2.70. The molecule has 1 N–H and O–H groups in total. The second-order valence-electron chi connectivity index (χ2n) is 5.55. The van der Waals surface area contributed by atoms with Gasteiger partial charge in [0.2, 0.25) is 11.8 Å². The van der Waals surface area contributed by atoms with Gasteiger partial charge in [0, 0.05) is 20.1 Å². The molecule has 1 aromatic carbocycles. The van der Waals surface area contributed by atoms with Crippen LogP contribution in [0.4, 0.5) is 0 Å². The molecule has 1 aliphatic heterocycles. The number of hydrogen-bond acceptors (Lipinski definition) is 5. The van der Waals surface area contributed by atoms with Crippen LogP contribution in [0.3, 0.4) is 0 Å². The minimum Gasteiger partial charge on any atom is -0.424 e. The number of fused-ring (bicyclic) bond motifs is 1. The fraction of sp³-hybridized carbons (Fsp3) is 0.500. The normalized spacial score (nSPS) is 18.7. The Labute approximate surface area is 124 Å². The van der Waals surface area contributed by atoms with Crippen molar-refractivity contribution in [3.63, 3.8) is 0 Å². The van der Waals surface area contributed by atoms with Crippen molar-refractivity contribution in [1.29, 1.82) is 0 Å². The van der Waals surface area contributed by atoms with E-state index in [1.165, 1.54) is 11.1 Å². The average Bonchev–Trinajstić information content (AvgIpc) is 2.93. The lowest BCUT2D eigenvalue weighted by Gasteiger charge is -2.34. The molecule has 0 bridgehead atoms. The first-order valence-corrected chi connectivity index (χ1v) is 7.49. The first-order chi connectivity index (χ1) is 10.3. The van der Waals surface area contributed by atoms with Crippen molar-refractivity contribution in [2.24, 2.45) is 0 Å². The van der Waals surface area contributed by atoms with Crippen LogP contribution in [-0.4, -0.2) is 33.4 Å². The van der Waals surface area contributed by atoms with E-state index in [1.807, 2.05) is 6.92 Å². The number of aryl methyl sites for hydroxylation is 1. The first kappa shape index (κ1) is 14.2. The van der Waals surface area contributed by atoms with Gasteiger partial charge in [-0.05, 0) is 36.9 Å². The molecule has 0 spiro atoms. The highest BCUT2D eigenvalue weighted by Gasteiger charge is 2.30. The molecule has 5 nitrogen and oxygen atoms in total. The maximum Gasteiger partial charge on any atom is 0.233 e. The maximum atomic E-state index is 8.98. The Bertz CT molecular complexity index is 597. The van der Waals surface area contributed by atoms with Crippen molar-refractivity contribution in [1.82, 2.24) is 15.1 Å². The lowest BCUT2D eigenvalue weighted by atomic mass is 9.93. The number of aliphatic hydroxyl groups excluding tert-OH is 1. The van der Waals surface area contributed by atoms with Crippen molar-refractivity contribution in [2.45, 2.75) is 38.8 Å². The summed E-state index contributed by atoms with van der Waals surface area (Å²) in [6.45, 7) is 3.90. The van der Waals surface area contributed by atoms with E-state index in [-0.39, 0.29) is 12.6 Å². The molecular formula is C16H21N3O2. The summed E-state index contributed by atoms with van der Waals surface area (Å²) >= 11 is 0. The molecule has 2 heterocycles. The largest absolute Gasteiger partial charge is 0.424 e. The SMILES string of the molecule is Cc1nnc(C2Cc3ccccc3CN2CCCCO)o1. The third-order valence-electron chi connectivity index (χ3n) is 4.03. The van der Waals surface area contributed by atoms with Crippen LogP contribution in [0, 0.1) is 6.92 Å².